The number of carbonyl (C=O) groups is 1. The van der Waals surface area contributed by atoms with Crippen molar-refractivity contribution >= 4 is 34.7 Å². The zero-order chi connectivity index (χ0) is 22.6. The summed E-state index contributed by atoms with van der Waals surface area (Å²) in [4.78, 5) is 20.7. The number of hydrogen-bond donors (Lipinski definition) is 2. The maximum absolute atomic E-state index is 12.9. The molecule has 11 heteroatoms. The first-order valence-electron chi connectivity index (χ1n) is 9.00. The number of alkyl halides is 3. The second-order valence-corrected chi connectivity index (χ2v) is 7.29. The molecule has 1 unspecified atom stereocenters. The largest absolute Gasteiger partial charge is 0.434 e. The van der Waals surface area contributed by atoms with Crippen molar-refractivity contribution in [3.05, 3.63) is 47.0 Å². The van der Waals surface area contributed by atoms with Crippen LogP contribution in [0, 0.1) is 12.8 Å². The fourth-order valence-corrected chi connectivity index (χ4v) is 2.76. The van der Waals surface area contributed by atoms with Gasteiger partial charge in [0.25, 0.3) is 0 Å². The summed E-state index contributed by atoms with van der Waals surface area (Å²) in [6.07, 6.45) is -3.81. The van der Waals surface area contributed by atoms with E-state index in [0.717, 1.165) is 10.8 Å². The zero-order valence-corrected chi connectivity index (χ0v) is 17.6. The fraction of sp³-hybridized carbons (Fsp3) is 0.368. The van der Waals surface area contributed by atoms with E-state index >= 15 is 0 Å². The van der Waals surface area contributed by atoms with E-state index in [2.05, 4.69) is 20.4 Å². The molecule has 1 atom stereocenters. The Balaban J connectivity index is 2.28. The number of hydrogen-bond acceptors (Lipinski definition) is 5. The van der Waals surface area contributed by atoms with Gasteiger partial charge < -0.3 is 15.7 Å². The second kappa shape index (κ2) is 9.29. The number of amidine groups is 1. The molecule has 0 aliphatic carbocycles. The Kier molecular flexibility index (Phi) is 7.25. The molecule has 0 fully saturated rings. The molecule has 0 aliphatic heterocycles. The molecule has 1 heterocycles. The van der Waals surface area contributed by atoms with Gasteiger partial charge >= 0.3 is 6.18 Å². The molecule has 1 aromatic heterocycles. The highest BCUT2D eigenvalue weighted by atomic mass is 35.5. The standard InChI is InChI=1S/C19H22ClF3N6O/c1-10(2)16(26-14-7-5-13(20)6-8-14)17(28-24)27-18(30)11(3)29-9-15(19(21,22)23)25-12(29)4/h5-11H,24H2,1-4H3,(H,27,28,30). The predicted octanol–water partition coefficient (Wildman–Crippen LogP) is 4.24. The van der Waals surface area contributed by atoms with Crippen LogP contribution in [0.2, 0.25) is 5.02 Å². The smallest absolute Gasteiger partial charge is 0.322 e. The average molecular weight is 443 g/mol. The molecular formula is C19H22ClF3N6O. The number of nitrogens with zero attached hydrogens (tertiary/aromatic N) is 4. The third kappa shape index (κ3) is 5.59. The van der Waals surface area contributed by atoms with E-state index in [1.165, 1.54) is 13.8 Å². The van der Waals surface area contributed by atoms with Crippen molar-refractivity contribution in [3.8, 4) is 0 Å². The summed E-state index contributed by atoms with van der Waals surface area (Å²) in [5.74, 6) is 4.77. The first-order chi connectivity index (χ1) is 13.9. The maximum atomic E-state index is 12.9. The number of rotatable bonds is 5. The van der Waals surface area contributed by atoms with Crippen LogP contribution in [0.1, 0.15) is 38.3 Å². The van der Waals surface area contributed by atoms with E-state index in [-0.39, 0.29) is 17.6 Å². The number of halogens is 4. The van der Waals surface area contributed by atoms with Gasteiger partial charge in [-0.15, -0.1) is 0 Å². The van der Waals surface area contributed by atoms with E-state index in [1.807, 2.05) is 13.8 Å². The summed E-state index contributed by atoms with van der Waals surface area (Å²) in [6, 6.07) is 5.72. The van der Waals surface area contributed by atoms with E-state index in [9.17, 15) is 18.0 Å². The lowest BCUT2D eigenvalue weighted by atomic mass is 10.1. The number of benzene rings is 1. The lowest BCUT2D eigenvalue weighted by Crippen LogP contribution is -2.42. The molecule has 162 valence electrons. The topological polar surface area (TPSA) is 97.7 Å². The van der Waals surface area contributed by atoms with E-state index in [0.29, 0.717) is 16.4 Å². The second-order valence-electron chi connectivity index (χ2n) is 6.85. The molecule has 7 nitrogen and oxygen atoms in total. The van der Waals surface area contributed by atoms with Gasteiger partial charge in [0.1, 0.15) is 11.9 Å². The minimum absolute atomic E-state index is 0.0191. The van der Waals surface area contributed by atoms with Crippen LogP contribution in [0.3, 0.4) is 0 Å². The molecule has 2 rings (SSSR count). The average Bonchev–Trinajstić information content (AvgIpc) is 3.07. The number of imidazole rings is 1. The monoisotopic (exact) mass is 442 g/mol. The number of aryl methyl sites for hydroxylation is 1. The summed E-state index contributed by atoms with van der Waals surface area (Å²) >= 11 is 5.88. The van der Waals surface area contributed by atoms with Crippen molar-refractivity contribution in [3.63, 3.8) is 0 Å². The summed E-state index contributed by atoms with van der Waals surface area (Å²) in [7, 11) is 0. The quantitative estimate of drug-likeness (QED) is 0.313. The van der Waals surface area contributed by atoms with Gasteiger partial charge in [0.15, 0.2) is 11.5 Å². The van der Waals surface area contributed by atoms with Gasteiger partial charge in [0, 0.05) is 11.2 Å². The number of aliphatic imine (C=N–C) groups is 1. The van der Waals surface area contributed by atoms with Crippen LogP contribution >= 0.6 is 11.6 Å². The first kappa shape index (κ1) is 23.4. The molecule has 0 aliphatic rings. The van der Waals surface area contributed by atoms with Crippen molar-refractivity contribution in [1.29, 1.82) is 0 Å². The number of carbonyl (C=O) groups excluding carboxylic acids is 1. The van der Waals surface area contributed by atoms with Gasteiger partial charge in [-0.25, -0.2) is 9.98 Å². The molecule has 0 saturated heterocycles. The summed E-state index contributed by atoms with van der Waals surface area (Å²) in [6.45, 7) is 6.51. The number of amides is 1. The van der Waals surface area contributed by atoms with Crippen LogP contribution < -0.4 is 11.2 Å². The van der Waals surface area contributed by atoms with E-state index < -0.39 is 23.8 Å². The van der Waals surface area contributed by atoms with Crippen LogP contribution in [0.5, 0.6) is 0 Å². The van der Waals surface area contributed by atoms with Crippen LogP contribution in [0.25, 0.3) is 0 Å². The first-order valence-corrected chi connectivity index (χ1v) is 9.37. The molecule has 1 aromatic carbocycles. The Morgan fingerprint density at radius 3 is 2.30 bits per heavy atom. The number of hydrazone groups is 1. The Morgan fingerprint density at radius 1 is 1.23 bits per heavy atom. The van der Waals surface area contributed by atoms with Crippen LogP contribution in [-0.2, 0) is 11.0 Å². The highest BCUT2D eigenvalue weighted by molar-refractivity contribution is 6.44. The molecule has 0 spiro atoms. The minimum Gasteiger partial charge on any atom is -0.322 e. The van der Waals surface area contributed by atoms with Crippen molar-refractivity contribution in [2.45, 2.75) is 39.9 Å². The Hall–Kier alpha value is -2.88. The van der Waals surface area contributed by atoms with E-state index in [1.54, 1.807) is 24.3 Å². The molecular weight excluding hydrogens is 421 g/mol. The van der Waals surface area contributed by atoms with Gasteiger partial charge in [0.05, 0.1) is 11.4 Å². The molecule has 0 radical (unpaired) electrons. The van der Waals surface area contributed by atoms with Crippen molar-refractivity contribution in [2.75, 3.05) is 0 Å². The Morgan fingerprint density at radius 2 is 1.83 bits per heavy atom. The lowest BCUT2D eigenvalue weighted by Gasteiger charge is -2.18. The van der Waals surface area contributed by atoms with Gasteiger partial charge in [-0.2, -0.15) is 18.3 Å². The molecule has 0 bridgehead atoms. The van der Waals surface area contributed by atoms with Gasteiger partial charge in [-0.3, -0.25) is 4.79 Å². The number of nitrogens with one attached hydrogen (secondary N) is 1. The highest BCUT2D eigenvalue weighted by Crippen LogP contribution is 2.29. The number of nitrogens with two attached hydrogens (primary N) is 1. The fourth-order valence-electron chi connectivity index (χ4n) is 2.63. The van der Waals surface area contributed by atoms with Crippen molar-refractivity contribution in [2.24, 2.45) is 21.9 Å². The van der Waals surface area contributed by atoms with Gasteiger partial charge in [0.2, 0.25) is 5.91 Å². The van der Waals surface area contributed by atoms with Crippen LogP contribution in [-0.4, -0.2) is 27.0 Å². The molecule has 2 aromatic rings. The molecule has 30 heavy (non-hydrogen) atoms. The Bertz CT molecular complexity index is 964. The highest BCUT2D eigenvalue weighted by Gasteiger charge is 2.35. The predicted molar refractivity (Wildman–Crippen MR) is 110 cm³/mol. The maximum Gasteiger partial charge on any atom is 0.434 e. The molecule has 3 N–H and O–H groups in total. The normalized spacial score (nSPS) is 14.2. The van der Waals surface area contributed by atoms with Crippen molar-refractivity contribution in [1.82, 2.24) is 14.9 Å². The van der Waals surface area contributed by atoms with E-state index in [4.69, 9.17) is 17.4 Å². The van der Waals surface area contributed by atoms with Crippen LogP contribution in [0.15, 0.2) is 40.6 Å². The third-order valence-electron chi connectivity index (χ3n) is 4.24. The SMILES string of the molecule is Cc1nc(C(F)(F)F)cn1C(C)C(=O)NC(=NN)C(=Nc1ccc(Cl)cc1)C(C)C. The summed E-state index contributed by atoms with van der Waals surface area (Å²) < 4.78 is 39.8. The minimum atomic E-state index is -4.61. The molecule has 0 saturated carbocycles. The number of aromatic nitrogens is 2. The van der Waals surface area contributed by atoms with Crippen LogP contribution in [0.4, 0.5) is 18.9 Å². The summed E-state index contributed by atoms with van der Waals surface area (Å²) in [5.41, 5.74) is -0.0925. The zero-order valence-electron chi connectivity index (χ0n) is 16.8. The van der Waals surface area contributed by atoms with Gasteiger partial charge in [-0.1, -0.05) is 25.4 Å². The molecule has 1 amide bonds. The lowest BCUT2D eigenvalue weighted by molar-refractivity contribution is -0.141. The van der Waals surface area contributed by atoms with Gasteiger partial charge in [-0.05, 0) is 44.0 Å². The van der Waals surface area contributed by atoms with Crippen molar-refractivity contribution < 1.29 is 18.0 Å². The summed E-state index contributed by atoms with van der Waals surface area (Å²) in [5, 5.41) is 6.73. The third-order valence-corrected chi connectivity index (χ3v) is 4.49. The Labute approximate surface area is 176 Å².